The predicted octanol–water partition coefficient (Wildman–Crippen LogP) is 2.61. The largest absolute Gasteiger partial charge is 0.507 e. The van der Waals surface area contributed by atoms with Crippen molar-refractivity contribution in [2.45, 2.75) is 12.8 Å². The molecule has 5 rings (SSSR count). The maximum atomic E-state index is 12.9. The first kappa shape index (κ1) is 12.6. The molecule has 1 N–H and O–H groups in total. The van der Waals surface area contributed by atoms with Gasteiger partial charge in [-0.2, -0.15) is 0 Å². The van der Waals surface area contributed by atoms with Gasteiger partial charge < -0.3 is 9.84 Å². The average Bonchev–Trinajstić information content (AvgIpc) is 2.52. The van der Waals surface area contributed by atoms with Crippen molar-refractivity contribution in [3.8, 4) is 11.5 Å². The molecule has 0 aromatic heterocycles. The third kappa shape index (κ3) is 1.50. The van der Waals surface area contributed by atoms with E-state index in [0.29, 0.717) is 5.75 Å². The Morgan fingerprint density at radius 2 is 1.57 bits per heavy atom. The average molecular weight is 284 g/mol. The number of benzene rings is 1. The van der Waals surface area contributed by atoms with E-state index < -0.39 is 0 Å². The first-order valence-electron chi connectivity index (χ1n) is 7.30. The van der Waals surface area contributed by atoms with Crippen LogP contribution < -0.4 is 4.74 Å². The van der Waals surface area contributed by atoms with Crippen molar-refractivity contribution in [1.29, 1.82) is 0 Å². The number of hydrogen-bond donors (Lipinski definition) is 1. The van der Waals surface area contributed by atoms with Crippen LogP contribution in [0.4, 0.5) is 0 Å². The van der Waals surface area contributed by atoms with Crippen LogP contribution in [-0.2, 0) is 0 Å². The minimum absolute atomic E-state index is 0.0543. The summed E-state index contributed by atoms with van der Waals surface area (Å²) in [5.74, 6) is -0.243. The Hall–Kier alpha value is -2.10. The van der Waals surface area contributed by atoms with Crippen LogP contribution in [0.3, 0.4) is 0 Å². The molecule has 108 valence electrons. The highest BCUT2D eigenvalue weighted by atomic mass is 16.5. The van der Waals surface area contributed by atoms with Crippen LogP contribution in [0.25, 0.3) is 0 Å². The number of rotatable bonds is 1. The third-order valence-corrected chi connectivity index (χ3v) is 5.21. The molecule has 4 atom stereocenters. The molecular weight excluding hydrogens is 268 g/mol. The standard InChI is InChI=1S/C17H16O4/c1-21-11-7-6-10(18)14-15(11)17(20)13-9-4-2-8(3-5-9)12(13)16(14)19/h2,4,6-9,12-13,18H,3,5H2,1H3. The Kier molecular flexibility index (Phi) is 2.52. The fraction of sp³-hybridized carbons (Fsp3) is 0.412. The molecule has 1 fully saturated rings. The van der Waals surface area contributed by atoms with Gasteiger partial charge in [-0.15, -0.1) is 0 Å². The van der Waals surface area contributed by atoms with Crippen LogP contribution in [0.5, 0.6) is 11.5 Å². The second-order valence-corrected chi connectivity index (χ2v) is 6.11. The van der Waals surface area contributed by atoms with Crippen molar-refractivity contribution >= 4 is 11.6 Å². The van der Waals surface area contributed by atoms with Gasteiger partial charge in [0.2, 0.25) is 0 Å². The number of carbonyl (C=O) groups excluding carboxylic acids is 2. The summed E-state index contributed by atoms with van der Waals surface area (Å²) in [7, 11) is 1.48. The van der Waals surface area contributed by atoms with Gasteiger partial charge >= 0.3 is 0 Å². The molecule has 0 aliphatic heterocycles. The SMILES string of the molecule is COc1ccc(O)c2c1C(=O)C1C3C=CC(CC3)C1C2=O. The van der Waals surface area contributed by atoms with Crippen LogP contribution >= 0.6 is 0 Å². The van der Waals surface area contributed by atoms with Gasteiger partial charge in [0.05, 0.1) is 18.2 Å². The molecule has 0 spiro atoms. The molecule has 4 aliphatic carbocycles. The molecule has 0 saturated heterocycles. The highest BCUT2D eigenvalue weighted by Crippen LogP contribution is 2.52. The Balaban J connectivity index is 1.96. The lowest BCUT2D eigenvalue weighted by Crippen LogP contribution is -2.48. The maximum Gasteiger partial charge on any atom is 0.171 e. The topological polar surface area (TPSA) is 63.6 Å². The molecule has 0 amide bonds. The number of methoxy groups -OCH3 is 1. The van der Waals surface area contributed by atoms with Gasteiger partial charge in [-0.25, -0.2) is 0 Å². The number of phenols is 1. The molecule has 21 heavy (non-hydrogen) atoms. The molecular formula is C17H16O4. The highest BCUT2D eigenvalue weighted by molar-refractivity contribution is 6.19. The molecule has 4 nitrogen and oxygen atoms in total. The Morgan fingerprint density at radius 1 is 1.00 bits per heavy atom. The molecule has 4 aliphatic rings. The van der Waals surface area contributed by atoms with Crippen molar-refractivity contribution in [2.75, 3.05) is 7.11 Å². The summed E-state index contributed by atoms with van der Waals surface area (Å²) in [6.45, 7) is 0. The lowest BCUT2D eigenvalue weighted by atomic mass is 9.56. The number of carbonyl (C=O) groups is 2. The van der Waals surface area contributed by atoms with E-state index in [1.165, 1.54) is 13.2 Å². The summed E-state index contributed by atoms with van der Waals surface area (Å²) in [5, 5.41) is 10.1. The zero-order valence-electron chi connectivity index (χ0n) is 11.7. The minimum Gasteiger partial charge on any atom is -0.507 e. The molecule has 2 bridgehead atoms. The number of fused-ring (bicyclic) bond motifs is 2. The number of ether oxygens (including phenoxy) is 1. The number of hydrogen-bond acceptors (Lipinski definition) is 4. The number of aromatic hydroxyl groups is 1. The van der Waals surface area contributed by atoms with Crippen LogP contribution in [-0.4, -0.2) is 23.8 Å². The maximum absolute atomic E-state index is 12.9. The van der Waals surface area contributed by atoms with E-state index in [2.05, 4.69) is 12.2 Å². The Morgan fingerprint density at radius 3 is 2.10 bits per heavy atom. The van der Waals surface area contributed by atoms with Crippen molar-refractivity contribution in [3.05, 3.63) is 35.4 Å². The lowest BCUT2D eigenvalue weighted by molar-refractivity contribution is 0.0514. The predicted molar refractivity (Wildman–Crippen MR) is 75.7 cm³/mol. The van der Waals surface area contributed by atoms with E-state index in [1.807, 2.05) is 0 Å². The van der Waals surface area contributed by atoms with Gasteiger partial charge in [0.15, 0.2) is 11.6 Å². The molecule has 0 heterocycles. The van der Waals surface area contributed by atoms with Crippen LogP contribution in [0.15, 0.2) is 24.3 Å². The lowest BCUT2D eigenvalue weighted by Gasteiger charge is -2.46. The van der Waals surface area contributed by atoms with E-state index >= 15 is 0 Å². The van der Waals surface area contributed by atoms with Gasteiger partial charge in [0.1, 0.15) is 11.5 Å². The second-order valence-electron chi connectivity index (χ2n) is 6.11. The smallest absolute Gasteiger partial charge is 0.171 e. The monoisotopic (exact) mass is 284 g/mol. The quantitative estimate of drug-likeness (QED) is 0.805. The summed E-state index contributed by atoms with van der Waals surface area (Å²) in [4.78, 5) is 25.8. The Bertz CT molecular complexity index is 688. The van der Waals surface area contributed by atoms with E-state index in [1.54, 1.807) is 6.07 Å². The van der Waals surface area contributed by atoms with Crippen LogP contribution in [0.2, 0.25) is 0 Å². The second kappa shape index (κ2) is 4.20. The zero-order valence-corrected chi connectivity index (χ0v) is 11.7. The van der Waals surface area contributed by atoms with E-state index in [0.717, 1.165) is 12.8 Å². The van der Waals surface area contributed by atoms with Crippen molar-refractivity contribution < 1.29 is 19.4 Å². The van der Waals surface area contributed by atoms with Gasteiger partial charge in [0.25, 0.3) is 0 Å². The van der Waals surface area contributed by atoms with Gasteiger partial charge in [-0.3, -0.25) is 9.59 Å². The molecule has 0 radical (unpaired) electrons. The van der Waals surface area contributed by atoms with Crippen LogP contribution in [0, 0.1) is 23.7 Å². The van der Waals surface area contributed by atoms with E-state index in [9.17, 15) is 14.7 Å². The highest BCUT2D eigenvalue weighted by Gasteiger charge is 2.53. The molecule has 4 unspecified atom stereocenters. The van der Waals surface area contributed by atoms with Gasteiger partial charge in [-0.1, -0.05) is 12.2 Å². The normalized spacial score (nSPS) is 32.8. The summed E-state index contributed by atoms with van der Waals surface area (Å²) >= 11 is 0. The molecule has 4 heteroatoms. The van der Waals surface area contributed by atoms with Crippen molar-refractivity contribution in [1.82, 2.24) is 0 Å². The molecule has 1 aromatic carbocycles. The van der Waals surface area contributed by atoms with E-state index in [4.69, 9.17) is 4.74 Å². The zero-order chi connectivity index (χ0) is 14.7. The van der Waals surface area contributed by atoms with Gasteiger partial charge in [-0.05, 0) is 36.8 Å². The fourth-order valence-electron chi connectivity index (χ4n) is 4.28. The summed E-state index contributed by atoms with van der Waals surface area (Å²) in [6, 6.07) is 2.98. The number of phenolic OH excluding ortho intramolecular Hbond substituents is 1. The first-order chi connectivity index (χ1) is 10.1. The summed E-state index contributed by atoms with van der Waals surface area (Å²) < 4.78 is 5.24. The fourth-order valence-corrected chi connectivity index (χ4v) is 4.28. The van der Waals surface area contributed by atoms with Crippen molar-refractivity contribution in [2.24, 2.45) is 23.7 Å². The van der Waals surface area contributed by atoms with E-state index in [-0.39, 0.29) is 52.1 Å². The first-order valence-corrected chi connectivity index (χ1v) is 7.30. The molecule has 1 aromatic rings. The van der Waals surface area contributed by atoms with Gasteiger partial charge in [0, 0.05) is 11.8 Å². The summed E-state index contributed by atoms with van der Waals surface area (Å²) in [6.07, 6.45) is 6.06. The minimum atomic E-state index is -0.313. The van der Waals surface area contributed by atoms with Crippen LogP contribution in [0.1, 0.15) is 33.6 Å². The summed E-state index contributed by atoms with van der Waals surface area (Å²) in [5.41, 5.74) is 0.422. The third-order valence-electron chi connectivity index (χ3n) is 5.21. The number of allylic oxidation sites excluding steroid dienone is 2. The Labute approximate surface area is 122 Å². The number of Topliss-reactive ketones (excluding diaryl/α,β-unsaturated/α-hetero) is 2. The van der Waals surface area contributed by atoms with Crippen molar-refractivity contribution in [3.63, 3.8) is 0 Å². The molecule has 1 saturated carbocycles. The number of ketones is 2.